The van der Waals surface area contributed by atoms with Crippen LogP contribution in [0.1, 0.15) is 47.2 Å². The predicted octanol–water partition coefficient (Wildman–Crippen LogP) is 3.87. The Balaban J connectivity index is 1.20. The van der Waals surface area contributed by atoms with E-state index >= 15 is 0 Å². The number of amides is 1. The zero-order valence-electron chi connectivity index (χ0n) is 22.2. The lowest BCUT2D eigenvalue weighted by Crippen LogP contribution is -2.40. The number of hydrogen-bond acceptors (Lipinski definition) is 9. The van der Waals surface area contributed by atoms with Crippen LogP contribution in [0.3, 0.4) is 0 Å². The van der Waals surface area contributed by atoms with Gasteiger partial charge in [-0.1, -0.05) is 6.07 Å². The van der Waals surface area contributed by atoms with E-state index in [-0.39, 0.29) is 29.5 Å². The normalized spacial score (nSPS) is 22.4. The number of carbonyl (C=O) groups is 2. The van der Waals surface area contributed by atoms with Crippen molar-refractivity contribution < 1.29 is 36.3 Å². The van der Waals surface area contributed by atoms with E-state index in [1.54, 1.807) is 24.7 Å². The van der Waals surface area contributed by atoms with Gasteiger partial charge in [0.2, 0.25) is 10.0 Å². The van der Waals surface area contributed by atoms with Crippen LogP contribution in [-0.2, 0) is 24.3 Å². The molecule has 0 bridgehead atoms. The molecule has 3 aliphatic rings. The van der Waals surface area contributed by atoms with Crippen LogP contribution < -0.4 is 0 Å². The smallest absolute Gasteiger partial charge is 0.338 e. The number of furan rings is 2. The molecule has 4 heterocycles. The van der Waals surface area contributed by atoms with Crippen LogP contribution in [-0.4, -0.2) is 68.2 Å². The summed E-state index contributed by atoms with van der Waals surface area (Å²) < 4.78 is 49.2. The number of benzene rings is 1. The van der Waals surface area contributed by atoms with Gasteiger partial charge in [-0.3, -0.25) is 4.79 Å². The topological polar surface area (TPSA) is 132 Å². The van der Waals surface area contributed by atoms with E-state index in [4.69, 9.17) is 23.4 Å². The van der Waals surface area contributed by atoms with Gasteiger partial charge >= 0.3 is 5.97 Å². The summed E-state index contributed by atoms with van der Waals surface area (Å²) in [5.41, 5.74) is 1.80. The van der Waals surface area contributed by atoms with E-state index in [2.05, 4.69) is 0 Å². The van der Waals surface area contributed by atoms with Crippen molar-refractivity contribution in [2.24, 2.45) is 11.0 Å². The van der Waals surface area contributed by atoms with E-state index in [9.17, 15) is 18.0 Å². The number of morpholine rings is 1. The second-order valence-electron chi connectivity index (χ2n) is 9.99. The second-order valence-corrected chi connectivity index (χ2v) is 11.9. The second kappa shape index (κ2) is 11.5. The number of ether oxygens (including phenoxy) is 2. The van der Waals surface area contributed by atoms with E-state index in [1.807, 2.05) is 18.2 Å². The summed E-state index contributed by atoms with van der Waals surface area (Å²) in [5, 5.41) is 6.04. The Morgan fingerprint density at radius 2 is 1.85 bits per heavy atom. The average Bonchev–Trinajstić information content (AvgIpc) is 3.78. The number of carbonyl (C=O) groups excluding carboxylic acids is 2. The number of nitrogens with zero attached hydrogens (tertiary/aromatic N) is 3. The molecule has 1 aromatic carbocycles. The van der Waals surface area contributed by atoms with Crippen molar-refractivity contribution in [2.45, 2.75) is 30.2 Å². The fraction of sp³-hybridized carbons (Fsp3) is 0.345. The van der Waals surface area contributed by atoms with Crippen LogP contribution >= 0.6 is 0 Å². The minimum absolute atomic E-state index is 0.0241. The molecule has 2 aromatic heterocycles. The first-order valence-electron chi connectivity index (χ1n) is 13.5. The SMILES string of the molecule is O=C(OCC(=O)N1N=C2/C(=C\c3ccco3)CCC[C@H]2[C@H]1c1ccco1)c1cccc(S(=O)(=O)N2CCOCC2)c1. The number of rotatable bonds is 7. The number of esters is 1. The molecule has 214 valence electrons. The molecule has 2 aliphatic heterocycles. The third-order valence-electron chi connectivity index (χ3n) is 7.46. The van der Waals surface area contributed by atoms with Gasteiger partial charge in [-0.15, -0.1) is 0 Å². The molecule has 0 N–H and O–H groups in total. The fourth-order valence-corrected chi connectivity index (χ4v) is 6.94. The molecule has 1 saturated carbocycles. The van der Waals surface area contributed by atoms with Gasteiger partial charge in [0.05, 0.1) is 41.9 Å². The Bertz CT molecular complexity index is 1570. The molecule has 41 heavy (non-hydrogen) atoms. The Morgan fingerprint density at radius 3 is 2.61 bits per heavy atom. The minimum Gasteiger partial charge on any atom is -0.467 e. The number of hydrogen-bond donors (Lipinski definition) is 0. The summed E-state index contributed by atoms with van der Waals surface area (Å²) in [6.45, 7) is 0.519. The highest BCUT2D eigenvalue weighted by atomic mass is 32.2. The maximum absolute atomic E-state index is 13.4. The summed E-state index contributed by atoms with van der Waals surface area (Å²) in [5.74, 6) is -0.119. The quantitative estimate of drug-likeness (QED) is 0.386. The van der Waals surface area contributed by atoms with Gasteiger partial charge < -0.3 is 18.3 Å². The van der Waals surface area contributed by atoms with E-state index in [0.29, 0.717) is 24.7 Å². The summed E-state index contributed by atoms with van der Waals surface area (Å²) in [6, 6.07) is 12.4. The van der Waals surface area contributed by atoms with Crippen molar-refractivity contribution in [1.82, 2.24) is 9.31 Å². The zero-order valence-corrected chi connectivity index (χ0v) is 23.0. The number of allylic oxidation sites excluding steroid dienone is 1. The Kier molecular flexibility index (Phi) is 7.61. The highest BCUT2D eigenvalue weighted by Crippen LogP contribution is 2.44. The third-order valence-corrected chi connectivity index (χ3v) is 9.35. The van der Waals surface area contributed by atoms with Crippen molar-refractivity contribution in [3.05, 3.63) is 83.7 Å². The van der Waals surface area contributed by atoms with Crippen LogP contribution in [0.5, 0.6) is 0 Å². The molecule has 0 radical (unpaired) electrons. The van der Waals surface area contributed by atoms with Crippen LogP contribution in [0.4, 0.5) is 0 Å². The van der Waals surface area contributed by atoms with Gasteiger partial charge in [0.25, 0.3) is 5.91 Å². The Morgan fingerprint density at radius 1 is 1.05 bits per heavy atom. The molecule has 2 atom stereocenters. The molecule has 0 unspecified atom stereocenters. The van der Waals surface area contributed by atoms with Crippen molar-refractivity contribution in [3.8, 4) is 0 Å². The minimum atomic E-state index is -3.80. The molecule has 2 fully saturated rings. The molecular weight excluding hydrogens is 550 g/mol. The van der Waals surface area contributed by atoms with Gasteiger partial charge in [0.15, 0.2) is 6.61 Å². The molecule has 11 nitrogen and oxygen atoms in total. The highest BCUT2D eigenvalue weighted by molar-refractivity contribution is 7.89. The van der Waals surface area contributed by atoms with E-state index in [1.165, 1.54) is 33.6 Å². The highest BCUT2D eigenvalue weighted by Gasteiger charge is 2.45. The number of hydrazone groups is 1. The monoisotopic (exact) mass is 579 g/mol. The van der Waals surface area contributed by atoms with Gasteiger partial charge in [0, 0.05) is 19.0 Å². The molecule has 1 saturated heterocycles. The number of fused-ring (bicyclic) bond motifs is 1. The van der Waals surface area contributed by atoms with Gasteiger partial charge in [-0.25, -0.2) is 18.2 Å². The van der Waals surface area contributed by atoms with Crippen molar-refractivity contribution >= 4 is 33.7 Å². The van der Waals surface area contributed by atoms with Crippen molar-refractivity contribution in [1.29, 1.82) is 0 Å². The molecular formula is C29H29N3O8S. The Hall–Kier alpha value is -4.00. The van der Waals surface area contributed by atoms with Gasteiger partial charge in [-0.05, 0) is 73.4 Å². The lowest BCUT2D eigenvalue weighted by Gasteiger charge is -2.27. The molecule has 1 aliphatic carbocycles. The first kappa shape index (κ1) is 27.2. The standard InChI is InChI=1S/C29H29N3O8S/c33-26(19-40-29(34)21-6-1-8-23(18-21)41(35,36)31-11-15-37-16-12-31)32-28(25-10-4-14-39-25)24-9-2-5-20(27(24)30-32)17-22-7-3-13-38-22/h1,3-4,6-8,10,13-14,17-18,24,28H,2,5,9,11-12,15-16,19H2/b20-17-/t24-,28+/m1/s1. The number of sulfonamides is 1. The largest absolute Gasteiger partial charge is 0.467 e. The first-order chi connectivity index (χ1) is 19.9. The summed E-state index contributed by atoms with van der Waals surface area (Å²) in [4.78, 5) is 26.3. The predicted molar refractivity (Wildman–Crippen MR) is 146 cm³/mol. The van der Waals surface area contributed by atoms with E-state index in [0.717, 1.165) is 30.5 Å². The average molecular weight is 580 g/mol. The molecule has 12 heteroatoms. The molecule has 1 amide bonds. The summed E-state index contributed by atoms with van der Waals surface area (Å²) >= 11 is 0. The van der Waals surface area contributed by atoms with Crippen LogP contribution in [0.15, 0.2) is 85.5 Å². The maximum Gasteiger partial charge on any atom is 0.338 e. The molecule has 0 spiro atoms. The fourth-order valence-electron chi connectivity index (χ4n) is 5.49. The van der Waals surface area contributed by atoms with Gasteiger partial charge in [-0.2, -0.15) is 9.41 Å². The lowest BCUT2D eigenvalue weighted by molar-refractivity contribution is -0.137. The molecule has 6 rings (SSSR count). The zero-order chi connectivity index (χ0) is 28.4. The van der Waals surface area contributed by atoms with Crippen LogP contribution in [0, 0.1) is 5.92 Å². The van der Waals surface area contributed by atoms with Crippen LogP contribution in [0.2, 0.25) is 0 Å². The Labute approximate surface area is 237 Å². The summed E-state index contributed by atoms with van der Waals surface area (Å²) in [7, 11) is -3.80. The van der Waals surface area contributed by atoms with E-state index < -0.39 is 34.5 Å². The third kappa shape index (κ3) is 5.50. The van der Waals surface area contributed by atoms with Crippen molar-refractivity contribution in [2.75, 3.05) is 32.9 Å². The van der Waals surface area contributed by atoms with Crippen LogP contribution in [0.25, 0.3) is 6.08 Å². The first-order valence-corrected chi connectivity index (χ1v) is 14.9. The van der Waals surface area contributed by atoms with Gasteiger partial charge in [0.1, 0.15) is 17.6 Å². The molecule has 3 aromatic rings. The lowest BCUT2D eigenvalue weighted by atomic mass is 9.79. The maximum atomic E-state index is 13.4. The summed E-state index contributed by atoms with van der Waals surface area (Å²) in [6.07, 6.45) is 7.61. The van der Waals surface area contributed by atoms with Crippen molar-refractivity contribution in [3.63, 3.8) is 0 Å².